The number of hydrogen-bond donors (Lipinski definition) is 1. The molecule has 2 nitrogen and oxygen atoms in total. The van der Waals surface area contributed by atoms with Gasteiger partial charge in [-0.3, -0.25) is 0 Å². The maximum Gasteiger partial charge on any atom is 1.00 e. The van der Waals surface area contributed by atoms with Crippen molar-refractivity contribution < 1.29 is 18.9 Å². The molecule has 32 heavy (non-hydrogen) atoms. The smallest absolute Gasteiger partial charge is 0.343 e. The van der Waals surface area contributed by atoms with E-state index in [2.05, 4.69) is 90.7 Å². The van der Waals surface area contributed by atoms with Crippen LogP contribution in [0.2, 0.25) is 0 Å². The third-order valence-electron chi connectivity index (χ3n) is 5.28. The van der Waals surface area contributed by atoms with Crippen molar-refractivity contribution >= 4 is 40.5 Å². The van der Waals surface area contributed by atoms with Gasteiger partial charge in [0, 0.05) is 38.9 Å². The molecule has 0 aliphatic carbocycles. The van der Waals surface area contributed by atoms with Gasteiger partial charge >= 0.3 is 18.9 Å². The van der Waals surface area contributed by atoms with Crippen molar-refractivity contribution in [3.63, 3.8) is 0 Å². The molecule has 0 radical (unpaired) electrons. The monoisotopic (exact) mass is 452 g/mol. The van der Waals surface area contributed by atoms with Crippen molar-refractivity contribution in [2.24, 2.45) is 5.73 Å². The molecule has 2 N–H and O–H groups in total. The molecule has 5 heteroatoms. The van der Waals surface area contributed by atoms with E-state index in [4.69, 9.17) is 5.73 Å². The van der Waals surface area contributed by atoms with Crippen LogP contribution < -0.4 is 29.5 Å². The molecule has 0 amide bonds. The number of hydrogen-bond acceptors (Lipinski definition) is 4. The third-order valence-corrected chi connectivity index (χ3v) is 7.90. The second-order valence-corrected chi connectivity index (χ2v) is 9.93. The van der Waals surface area contributed by atoms with Crippen LogP contribution in [0.4, 0.5) is 11.4 Å². The minimum absolute atomic E-state index is 0. The van der Waals surface area contributed by atoms with Gasteiger partial charge in [-0.1, -0.05) is 66.7 Å². The van der Waals surface area contributed by atoms with Crippen LogP contribution in [0.15, 0.2) is 83.1 Å². The van der Waals surface area contributed by atoms with E-state index in [0.29, 0.717) is 0 Å². The summed E-state index contributed by atoms with van der Waals surface area (Å²) in [5.74, 6) is 2.06. The Labute approximate surface area is 213 Å². The molecule has 160 valence electrons. The number of nitrogens with zero attached hydrogens (tertiary/aromatic N) is 1. The van der Waals surface area contributed by atoms with Gasteiger partial charge < -0.3 is 17.6 Å². The number of benzene rings is 3. The Kier molecular flexibility index (Phi) is 9.90. The van der Waals surface area contributed by atoms with E-state index >= 15 is 0 Å². The third kappa shape index (κ3) is 5.68. The van der Waals surface area contributed by atoms with Crippen molar-refractivity contribution in [3.05, 3.63) is 107 Å². The zero-order valence-electron chi connectivity index (χ0n) is 18.8. The first-order chi connectivity index (χ1) is 15.3. The fourth-order valence-corrected chi connectivity index (χ4v) is 6.26. The van der Waals surface area contributed by atoms with Crippen LogP contribution in [-0.4, -0.2) is 18.1 Å². The Morgan fingerprint density at radius 1 is 0.781 bits per heavy atom. The Hall–Kier alpha value is -1.54. The average Bonchev–Trinajstić information content (AvgIpc) is 2.82. The van der Waals surface area contributed by atoms with Gasteiger partial charge in [-0.15, -0.1) is 23.5 Å². The van der Waals surface area contributed by atoms with Crippen LogP contribution in [0.25, 0.3) is 5.57 Å². The SMILES string of the molecule is [CH2-]CCSC(SCCCN)=C1c2ccccc2N(Cc2ccccc2)c2ccccc21.[Li+]. The first kappa shape index (κ1) is 25.1. The van der Waals surface area contributed by atoms with Crippen LogP contribution >= 0.6 is 23.5 Å². The molecule has 0 bridgehead atoms. The molecule has 1 aliphatic heterocycles. The topological polar surface area (TPSA) is 29.3 Å². The van der Waals surface area contributed by atoms with Gasteiger partial charge in [0.05, 0.1) is 0 Å². The Bertz CT molecular complexity index is 987. The molecule has 0 saturated carbocycles. The fourth-order valence-electron chi connectivity index (χ4n) is 3.87. The first-order valence-corrected chi connectivity index (χ1v) is 12.8. The predicted octanol–water partition coefficient (Wildman–Crippen LogP) is 4.10. The predicted molar refractivity (Wildman–Crippen MR) is 140 cm³/mol. The second kappa shape index (κ2) is 12.6. The summed E-state index contributed by atoms with van der Waals surface area (Å²) in [5, 5.41) is 0. The number of rotatable bonds is 9. The molecule has 0 unspecified atom stereocenters. The summed E-state index contributed by atoms with van der Waals surface area (Å²) in [6.45, 7) is 5.65. The van der Waals surface area contributed by atoms with E-state index in [9.17, 15) is 0 Å². The first-order valence-electron chi connectivity index (χ1n) is 10.8. The molecule has 1 heterocycles. The van der Waals surface area contributed by atoms with Gasteiger partial charge in [0.2, 0.25) is 0 Å². The van der Waals surface area contributed by atoms with Gasteiger partial charge in [-0.25, -0.2) is 0 Å². The number of nitrogens with two attached hydrogens (primary N) is 1. The molecule has 0 fully saturated rings. The molecule has 0 spiro atoms. The van der Waals surface area contributed by atoms with Gasteiger partial charge in [0.25, 0.3) is 0 Å². The Balaban J connectivity index is 0.00000289. The van der Waals surface area contributed by atoms with Crippen molar-refractivity contribution in [2.45, 2.75) is 19.4 Å². The summed E-state index contributed by atoms with van der Waals surface area (Å²) in [7, 11) is 0. The fraction of sp³-hybridized carbons (Fsp3) is 0.222. The van der Waals surface area contributed by atoms with E-state index in [-0.39, 0.29) is 18.9 Å². The van der Waals surface area contributed by atoms with Gasteiger partial charge in [0.15, 0.2) is 0 Å². The summed E-state index contributed by atoms with van der Waals surface area (Å²) < 4.78 is 1.39. The molecule has 0 atom stereocenters. The standard InChI is InChI=1S/C27H29N2S2.Li/c1-2-18-30-27(31-19-10-17-28)26-22-13-6-8-15-24(22)29(20-21-11-4-3-5-12-21)25-16-9-7-14-23(25)26;/h3-9,11-16H,1-2,10,17-20,28H2;/q-1;+1. The molecule has 3 aromatic carbocycles. The zero-order valence-corrected chi connectivity index (χ0v) is 20.4. The molecular weight excluding hydrogens is 423 g/mol. The van der Waals surface area contributed by atoms with Crippen LogP contribution in [0, 0.1) is 6.92 Å². The largest absolute Gasteiger partial charge is 1.00 e. The van der Waals surface area contributed by atoms with Gasteiger partial charge in [-0.2, -0.15) is 6.42 Å². The summed E-state index contributed by atoms with van der Waals surface area (Å²) >= 11 is 3.87. The van der Waals surface area contributed by atoms with Crippen molar-refractivity contribution in [1.29, 1.82) is 0 Å². The molecule has 4 rings (SSSR count). The van der Waals surface area contributed by atoms with E-state index < -0.39 is 0 Å². The van der Waals surface area contributed by atoms with Crippen LogP contribution in [0.3, 0.4) is 0 Å². The van der Waals surface area contributed by atoms with Crippen LogP contribution in [0.1, 0.15) is 29.5 Å². The quantitative estimate of drug-likeness (QED) is 0.301. The van der Waals surface area contributed by atoms with Crippen molar-refractivity contribution in [1.82, 2.24) is 0 Å². The van der Waals surface area contributed by atoms with Crippen LogP contribution in [0.5, 0.6) is 0 Å². The Morgan fingerprint density at radius 3 is 1.94 bits per heavy atom. The van der Waals surface area contributed by atoms with E-state index in [1.807, 2.05) is 23.5 Å². The molecule has 0 aromatic heterocycles. The van der Waals surface area contributed by atoms with Crippen LogP contribution in [-0.2, 0) is 6.54 Å². The van der Waals surface area contributed by atoms with E-state index in [1.54, 1.807) is 0 Å². The van der Waals surface area contributed by atoms with Gasteiger partial charge in [-0.05, 0) is 42.2 Å². The second-order valence-electron chi connectivity index (χ2n) is 7.46. The molecule has 0 saturated heterocycles. The van der Waals surface area contributed by atoms with Crippen molar-refractivity contribution in [2.75, 3.05) is 23.0 Å². The number of para-hydroxylation sites is 2. The Morgan fingerprint density at radius 2 is 1.34 bits per heavy atom. The summed E-state index contributed by atoms with van der Waals surface area (Å²) in [5.41, 5.74) is 13.6. The number of anilines is 2. The van der Waals surface area contributed by atoms with E-state index in [1.165, 1.54) is 37.9 Å². The number of thioether (sulfide) groups is 2. The molecule has 1 aliphatic rings. The minimum Gasteiger partial charge on any atom is -0.343 e. The summed E-state index contributed by atoms with van der Waals surface area (Å²) in [6, 6.07) is 28.4. The zero-order chi connectivity index (χ0) is 21.5. The minimum atomic E-state index is 0. The maximum atomic E-state index is 5.79. The van der Waals surface area contributed by atoms with E-state index in [0.717, 1.165) is 37.4 Å². The van der Waals surface area contributed by atoms with Crippen molar-refractivity contribution in [3.8, 4) is 0 Å². The average molecular weight is 453 g/mol. The molecular formula is C27H29LiN2S2. The van der Waals surface area contributed by atoms with Gasteiger partial charge in [0.1, 0.15) is 0 Å². The normalized spacial score (nSPS) is 12.1. The number of fused-ring (bicyclic) bond motifs is 2. The summed E-state index contributed by atoms with van der Waals surface area (Å²) in [6.07, 6.45) is 1.94. The summed E-state index contributed by atoms with van der Waals surface area (Å²) in [4.78, 5) is 2.46. The molecule has 3 aromatic rings. The maximum absolute atomic E-state index is 5.79.